The third-order valence-corrected chi connectivity index (χ3v) is 11.3. The van der Waals surface area contributed by atoms with Gasteiger partial charge in [-0.2, -0.15) is 0 Å². The molecule has 6 heteroatoms. The van der Waals surface area contributed by atoms with E-state index in [4.69, 9.17) is 4.74 Å². The summed E-state index contributed by atoms with van der Waals surface area (Å²) in [6, 6.07) is -0.715. The molecule has 0 bridgehead atoms. The van der Waals surface area contributed by atoms with Gasteiger partial charge >= 0.3 is 5.97 Å². The lowest BCUT2D eigenvalue weighted by Crippen LogP contribution is -2.46. The number of unbranched alkanes of at least 4 members (excludes halogenated alkanes) is 21. The van der Waals surface area contributed by atoms with Gasteiger partial charge in [-0.25, -0.2) is 0 Å². The lowest BCUT2D eigenvalue weighted by molar-refractivity contribution is -0.151. The molecule has 3 unspecified atom stereocenters. The third kappa shape index (κ3) is 43.7. The predicted octanol–water partition coefficient (Wildman–Crippen LogP) is 15.4. The highest BCUT2D eigenvalue weighted by Crippen LogP contribution is 2.17. The van der Waals surface area contributed by atoms with E-state index in [2.05, 4.69) is 99.0 Å². The Morgan fingerprint density at radius 3 is 1.34 bits per heavy atom. The van der Waals surface area contributed by atoms with Crippen molar-refractivity contribution in [3.8, 4) is 0 Å². The topological polar surface area (TPSA) is 95.9 Å². The Bertz CT molecular complexity index is 1140. The minimum Gasteiger partial charge on any atom is -0.462 e. The van der Waals surface area contributed by atoms with Crippen molar-refractivity contribution in [3.05, 3.63) is 72.9 Å². The summed E-state index contributed by atoms with van der Waals surface area (Å²) in [6.07, 6.45) is 61.0. The molecule has 0 radical (unpaired) electrons. The fraction of sp³-hybridized carbons (Fsp3) is 0.745. The number of allylic oxidation sites excluding steroid dienone is 12. The molecular weight excluding hydrogens is 755 g/mol. The highest BCUT2D eigenvalue weighted by atomic mass is 16.5. The van der Waals surface area contributed by atoms with E-state index >= 15 is 0 Å². The molecule has 0 aromatic heterocycles. The zero-order valence-corrected chi connectivity index (χ0v) is 40.0. The van der Waals surface area contributed by atoms with Crippen LogP contribution in [0.1, 0.15) is 239 Å². The number of ether oxygens (including phenoxy) is 1. The fourth-order valence-electron chi connectivity index (χ4n) is 7.46. The first-order chi connectivity index (χ1) is 30.0. The Morgan fingerprint density at radius 1 is 0.492 bits per heavy atom. The van der Waals surface area contributed by atoms with Crippen LogP contribution < -0.4 is 5.32 Å². The van der Waals surface area contributed by atoms with Crippen molar-refractivity contribution in [1.82, 2.24) is 5.32 Å². The molecule has 1 amide bonds. The van der Waals surface area contributed by atoms with Gasteiger partial charge in [0, 0.05) is 6.42 Å². The molecule has 0 aliphatic heterocycles. The van der Waals surface area contributed by atoms with Gasteiger partial charge in [0.15, 0.2) is 0 Å². The number of aliphatic hydroxyl groups is 2. The van der Waals surface area contributed by atoms with Crippen LogP contribution in [0.5, 0.6) is 0 Å². The standard InChI is InChI=1S/C55H97NO5/c1-4-7-10-13-16-19-22-25-27-28-30-33-36-39-42-45-48-55(60)61-51(46-43-40-37-34-31-24-21-18-15-12-9-6-3)49-54(59)56-52(50-57)53(58)47-44-41-38-35-32-29-26-23-20-17-14-11-8-5-2/h7,9-10,12,16,18-19,21,25,27,30,33,51-53,57-58H,4-6,8,11,13-15,17,20,22-24,26,28-29,31-32,34-50H2,1-3H3,(H,56,59)/b10-7+,12-9+,19-16+,21-18+,27-25+,33-30+. The second-order valence-electron chi connectivity index (χ2n) is 17.2. The van der Waals surface area contributed by atoms with Gasteiger partial charge in [0.1, 0.15) is 6.10 Å². The number of aliphatic hydroxyl groups excluding tert-OH is 2. The second-order valence-corrected chi connectivity index (χ2v) is 17.2. The summed E-state index contributed by atoms with van der Waals surface area (Å²) in [6.45, 7) is 6.25. The normalized spacial score (nSPS) is 13.9. The van der Waals surface area contributed by atoms with E-state index in [0.717, 1.165) is 116 Å². The van der Waals surface area contributed by atoms with Gasteiger partial charge in [-0.1, -0.05) is 209 Å². The molecule has 0 aliphatic carbocycles. The van der Waals surface area contributed by atoms with Crippen LogP contribution in [0.4, 0.5) is 0 Å². The number of carbonyl (C=O) groups is 2. The van der Waals surface area contributed by atoms with Crippen molar-refractivity contribution in [2.45, 2.75) is 257 Å². The molecule has 0 aromatic rings. The number of amides is 1. The molecule has 0 aromatic carbocycles. The minimum absolute atomic E-state index is 0.0525. The highest BCUT2D eigenvalue weighted by molar-refractivity contribution is 5.77. The van der Waals surface area contributed by atoms with E-state index in [1.807, 2.05) is 0 Å². The SMILES string of the molecule is CC/C=C/C/C=C/C/C=C/C/C=C/CCCCCC(=O)OC(CCCCCCC/C=C/C/C=C/CC)CC(=O)NC(CO)C(O)CCCCCCCCCCCCCCCC. The summed E-state index contributed by atoms with van der Waals surface area (Å²) < 4.78 is 5.91. The first-order valence-electron chi connectivity index (χ1n) is 25.7. The molecular formula is C55H97NO5. The molecule has 0 aliphatic rings. The lowest BCUT2D eigenvalue weighted by Gasteiger charge is -2.24. The molecule has 61 heavy (non-hydrogen) atoms. The average molecular weight is 852 g/mol. The molecule has 0 saturated carbocycles. The van der Waals surface area contributed by atoms with E-state index in [0.29, 0.717) is 19.3 Å². The zero-order valence-electron chi connectivity index (χ0n) is 40.0. The lowest BCUT2D eigenvalue weighted by atomic mass is 10.0. The molecule has 0 fully saturated rings. The van der Waals surface area contributed by atoms with Gasteiger partial charge in [0.05, 0.1) is 25.2 Å². The Kier molecular flexibility index (Phi) is 46.2. The number of hydrogen-bond acceptors (Lipinski definition) is 5. The Hall–Kier alpha value is -2.70. The molecule has 3 atom stereocenters. The Labute approximate surface area is 377 Å². The van der Waals surface area contributed by atoms with Crippen molar-refractivity contribution in [1.29, 1.82) is 0 Å². The minimum atomic E-state index is -0.799. The van der Waals surface area contributed by atoms with Crippen LogP contribution in [0.25, 0.3) is 0 Å². The largest absolute Gasteiger partial charge is 0.462 e. The van der Waals surface area contributed by atoms with Crippen LogP contribution in [-0.2, 0) is 14.3 Å². The Balaban J connectivity index is 4.62. The maximum Gasteiger partial charge on any atom is 0.306 e. The van der Waals surface area contributed by atoms with E-state index < -0.39 is 18.2 Å². The third-order valence-electron chi connectivity index (χ3n) is 11.3. The van der Waals surface area contributed by atoms with Crippen molar-refractivity contribution in [2.75, 3.05) is 6.61 Å². The number of esters is 1. The maximum absolute atomic E-state index is 13.2. The highest BCUT2D eigenvalue weighted by Gasteiger charge is 2.24. The smallest absolute Gasteiger partial charge is 0.306 e. The summed E-state index contributed by atoms with van der Waals surface area (Å²) >= 11 is 0. The first-order valence-corrected chi connectivity index (χ1v) is 25.7. The molecule has 0 spiro atoms. The quantitative estimate of drug-likeness (QED) is 0.0322. The van der Waals surface area contributed by atoms with Gasteiger partial charge in [0.2, 0.25) is 5.91 Å². The maximum atomic E-state index is 13.2. The van der Waals surface area contributed by atoms with Gasteiger partial charge in [-0.15, -0.1) is 0 Å². The summed E-state index contributed by atoms with van der Waals surface area (Å²) in [5, 5.41) is 23.8. The number of nitrogens with one attached hydrogen (secondary N) is 1. The molecule has 352 valence electrons. The van der Waals surface area contributed by atoms with Gasteiger partial charge in [-0.05, 0) is 89.9 Å². The van der Waals surface area contributed by atoms with Crippen LogP contribution in [0.3, 0.4) is 0 Å². The molecule has 0 saturated heterocycles. The van der Waals surface area contributed by atoms with Crippen molar-refractivity contribution in [2.24, 2.45) is 0 Å². The van der Waals surface area contributed by atoms with Crippen molar-refractivity contribution >= 4 is 11.9 Å². The summed E-state index contributed by atoms with van der Waals surface area (Å²) in [5.74, 6) is -0.526. The van der Waals surface area contributed by atoms with Crippen molar-refractivity contribution < 1.29 is 24.5 Å². The molecule has 0 rings (SSSR count). The van der Waals surface area contributed by atoms with Crippen LogP contribution in [0, 0.1) is 0 Å². The van der Waals surface area contributed by atoms with Crippen molar-refractivity contribution in [3.63, 3.8) is 0 Å². The van der Waals surface area contributed by atoms with Crippen LogP contribution >= 0.6 is 0 Å². The predicted molar refractivity (Wildman–Crippen MR) is 264 cm³/mol. The number of hydrogen-bond donors (Lipinski definition) is 3. The van der Waals surface area contributed by atoms with E-state index in [-0.39, 0.29) is 24.9 Å². The summed E-state index contributed by atoms with van der Waals surface area (Å²) in [5.41, 5.74) is 0. The van der Waals surface area contributed by atoms with Crippen LogP contribution in [-0.4, -0.2) is 46.9 Å². The molecule has 6 nitrogen and oxygen atoms in total. The van der Waals surface area contributed by atoms with Gasteiger partial charge in [-0.3, -0.25) is 9.59 Å². The van der Waals surface area contributed by atoms with E-state index in [1.165, 1.54) is 77.0 Å². The monoisotopic (exact) mass is 852 g/mol. The van der Waals surface area contributed by atoms with Crippen LogP contribution in [0.2, 0.25) is 0 Å². The molecule has 3 N–H and O–H groups in total. The fourth-order valence-corrected chi connectivity index (χ4v) is 7.46. The van der Waals surface area contributed by atoms with Crippen LogP contribution in [0.15, 0.2) is 72.9 Å². The summed E-state index contributed by atoms with van der Waals surface area (Å²) in [4.78, 5) is 26.1. The average Bonchev–Trinajstić information content (AvgIpc) is 3.25. The Morgan fingerprint density at radius 2 is 0.885 bits per heavy atom. The van der Waals surface area contributed by atoms with Gasteiger partial charge in [0.25, 0.3) is 0 Å². The number of carbonyl (C=O) groups excluding carboxylic acids is 2. The van der Waals surface area contributed by atoms with Gasteiger partial charge < -0.3 is 20.3 Å². The van der Waals surface area contributed by atoms with E-state index in [1.54, 1.807) is 0 Å². The second kappa shape index (κ2) is 48.3. The molecule has 0 heterocycles. The summed E-state index contributed by atoms with van der Waals surface area (Å²) in [7, 11) is 0. The van der Waals surface area contributed by atoms with E-state index in [9.17, 15) is 19.8 Å². The first kappa shape index (κ1) is 58.3. The number of rotatable bonds is 45. The zero-order chi connectivity index (χ0) is 44.5.